The van der Waals surface area contributed by atoms with Crippen molar-refractivity contribution in [1.29, 1.82) is 0 Å². The standard InChI is InChI=1S/C21H26N2O5/c1-21(2,3)28-17-11-9-15(10-12-17)13-18(19(24)23-26)22-20(25)27-14-16-7-5-4-6-8-16/h4-12,18,26H,13-14H2,1-3H3,(H,22,25)(H,23,24)/t18-/m0/s1. The molecule has 0 fully saturated rings. The number of rotatable bonds is 7. The largest absolute Gasteiger partial charge is 0.488 e. The Morgan fingerprint density at radius 3 is 2.21 bits per heavy atom. The molecule has 0 bridgehead atoms. The maximum absolute atomic E-state index is 12.0. The van der Waals surface area contributed by atoms with E-state index in [0.717, 1.165) is 11.1 Å². The molecule has 28 heavy (non-hydrogen) atoms. The molecule has 2 aromatic carbocycles. The summed E-state index contributed by atoms with van der Waals surface area (Å²) in [6.07, 6.45) is -0.562. The third-order valence-electron chi connectivity index (χ3n) is 3.72. The molecule has 0 radical (unpaired) electrons. The van der Waals surface area contributed by atoms with Crippen LogP contribution in [0.3, 0.4) is 0 Å². The zero-order valence-electron chi connectivity index (χ0n) is 16.3. The van der Waals surface area contributed by atoms with Crippen LogP contribution in [0.1, 0.15) is 31.9 Å². The van der Waals surface area contributed by atoms with Crippen molar-refractivity contribution in [1.82, 2.24) is 10.8 Å². The second-order valence-electron chi connectivity index (χ2n) is 7.30. The number of alkyl carbamates (subject to hydrolysis) is 1. The summed E-state index contributed by atoms with van der Waals surface area (Å²) in [7, 11) is 0. The fraction of sp³-hybridized carbons (Fsp3) is 0.333. The molecule has 0 unspecified atom stereocenters. The Kier molecular flexibility index (Phi) is 7.40. The second kappa shape index (κ2) is 9.75. The van der Waals surface area contributed by atoms with Crippen LogP contribution in [-0.2, 0) is 22.6 Å². The van der Waals surface area contributed by atoms with Gasteiger partial charge in [-0.05, 0) is 44.0 Å². The molecule has 3 N–H and O–H groups in total. The number of carbonyl (C=O) groups is 2. The number of amides is 2. The molecule has 0 saturated carbocycles. The van der Waals surface area contributed by atoms with Gasteiger partial charge in [-0.15, -0.1) is 0 Å². The van der Waals surface area contributed by atoms with E-state index < -0.39 is 18.0 Å². The maximum Gasteiger partial charge on any atom is 0.408 e. The van der Waals surface area contributed by atoms with E-state index in [1.165, 1.54) is 0 Å². The molecular formula is C21H26N2O5. The molecule has 2 aromatic rings. The predicted molar refractivity (Wildman–Crippen MR) is 104 cm³/mol. The molecule has 2 amide bonds. The SMILES string of the molecule is CC(C)(C)Oc1ccc(C[C@H](NC(=O)OCc2ccccc2)C(=O)NO)cc1. The van der Waals surface area contributed by atoms with Gasteiger partial charge in [0.2, 0.25) is 0 Å². The highest BCUT2D eigenvalue weighted by Gasteiger charge is 2.22. The molecule has 7 heteroatoms. The Labute approximate surface area is 164 Å². The molecule has 7 nitrogen and oxygen atoms in total. The summed E-state index contributed by atoms with van der Waals surface area (Å²) in [5, 5.41) is 11.4. The van der Waals surface area contributed by atoms with Gasteiger partial charge in [-0.2, -0.15) is 0 Å². The molecule has 0 aliphatic heterocycles. The minimum atomic E-state index is -0.984. The number of hydrogen-bond donors (Lipinski definition) is 3. The van der Waals surface area contributed by atoms with Crippen molar-refractivity contribution in [2.45, 2.75) is 45.4 Å². The van der Waals surface area contributed by atoms with Crippen LogP contribution in [0.15, 0.2) is 54.6 Å². The molecule has 0 aliphatic rings. The van der Waals surface area contributed by atoms with E-state index in [-0.39, 0.29) is 18.6 Å². The fourth-order valence-electron chi connectivity index (χ4n) is 2.48. The average Bonchev–Trinajstić information content (AvgIpc) is 2.66. The second-order valence-corrected chi connectivity index (χ2v) is 7.30. The fourth-order valence-corrected chi connectivity index (χ4v) is 2.48. The molecule has 2 rings (SSSR count). The highest BCUT2D eigenvalue weighted by molar-refractivity contribution is 5.85. The van der Waals surface area contributed by atoms with Gasteiger partial charge in [0, 0.05) is 6.42 Å². The smallest absolute Gasteiger partial charge is 0.408 e. The summed E-state index contributed by atoms with van der Waals surface area (Å²) in [5.41, 5.74) is 2.88. The Morgan fingerprint density at radius 1 is 1.00 bits per heavy atom. The molecule has 1 atom stereocenters. The monoisotopic (exact) mass is 386 g/mol. The third kappa shape index (κ3) is 7.28. The Hall–Kier alpha value is -3.06. The normalized spacial score (nSPS) is 12.0. The Morgan fingerprint density at radius 2 is 1.64 bits per heavy atom. The minimum Gasteiger partial charge on any atom is -0.488 e. The van der Waals surface area contributed by atoms with Gasteiger partial charge in [0.1, 0.15) is 24.0 Å². The average molecular weight is 386 g/mol. The zero-order valence-corrected chi connectivity index (χ0v) is 16.3. The van der Waals surface area contributed by atoms with Crippen LogP contribution in [0, 0.1) is 0 Å². The first-order valence-corrected chi connectivity index (χ1v) is 8.96. The Bertz CT molecular complexity index is 770. The summed E-state index contributed by atoms with van der Waals surface area (Å²) in [6.45, 7) is 5.94. The Balaban J connectivity index is 1.95. The van der Waals surface area contributed by atoms with Gasteiger partial charge in [0.15, 0.2) is 0 Å². The van der Waals surface area contributed by atoms with Gasteiger partial charge < -0.3 is 14.8 Å². The van der Waals surface area contributed by atoms with Crippen LogP contribution in [0.4, 0.5) is 4.79 Å². The lowest BCUT2D eigenvalue weighted by Crippen LogP contribution is -2.47. The van der Waals surface area contributed by atoms with Crippen molar-refractivity contribution >= 4 is 12.0 Å². The van der Waals surface area contributed by atoms with Crippen LogP contribution in [-0.4, -0.2) is 28.9 Å². The van der Waals surface area contributed by atoms with Crippen molar-refractivity contribution in [2.75, 3.05) is 0 Å². The minimum absolute atomic E-state index is 0.0823. The molecule has 0 aliphatic carbocycles. The quantitative estimate of drug-likeness (QED) is 0.502. The number of hydroxylamine groups is 1. The topological polar surface area (TPSA) is 96.9 Å². The highest BCUT2D eigenvalue weighted by Crippen LogP contribution is 2.19. The summed E-state index contributed by atoms with van der Waals surface area (Å²) < 4.78 is 10.9. The third-order valence-corrected chi connectivity index (χ3v) is 3.72. The number of ether oxygens (including phenoxy) is 2. The molecule has 150 valence electrons. The first-order chi connectivity index (χ1) is 13.3. The van der Waals surface area contributed by atoms with E-state index in [2.05, 4.69) is 5.32 Å². The lowest BCUT2D eigenvalue weighted by molar-refractivity contribution is -0.131. The van der Waals surface area contributed by atoms with Crippen LogP contribution in [0.5, 0.6) is 5.75 Å². The molecule has 0 saturated heterocycles. The van der Waals surface area contributed by atoms with E-state index in [0.29, 0.717) is 5.75 Å². The van der Waals surface area contributed by atoms with Gasteiger partial charge in [0.05, 0.1) is 0 Å². The van der Waals surface area contributed by atoms with Crippen molar-refractivity contribution < 1.29 is 24.3 Å². The van der Waals surface area contributed by atoms with Gasteiger partial charge in [0.25, 0.3) is 5.91 Å². The summed E-state index contributed by atoms with van der Waals surface area (Å²) >= 11 is 0. The van der Waals surface area contributed by atoms with Crippen molar-refractivity contribution in [2.24, 2.45) is 0 Å². The molecule has 0 spiro atoms. The van der Waals surface area contributed by atoms with E-state index in [9.17, 15) is 9.59 Å². The zero-order chi connectivity index (χ0) is 20.6. The lowest BCUT2D eigenvalue weighted by Gasteiger charge is -2.21. The number of benzene rings is 2. The van der Waals surface area contributed by atoms with Gasteiger partial charge in [-0.25, -0.2) is 10.3 Å². The van der Waals surface area contributed by atoms with Crippen LogP contribution < -0.4 is 15.5 Å². The maximum atomic E-state index is 12.0. The number of carbonyl (C=O) groups excluding carboxylic acids is 2. The van der Waals surface area contributed by atoms with Crippen LogP contribution in [0.2, 0.25) is 0 Å². The van der Waals surface area contributed by atoms with Crippen LogP contribution in [0.25, 0.3) is 0 Å². The van der Waals surface area contributed by atoms with Gasteiger partial charge >= 0.3 is 6.09 Å². The van der Waals surface area contributed by atoms with Crippen molar-refractivity contribution in [3.63, 3.8) is 0 Å². The van der Waals surface area contributed by atoms with E-state index >= 15 is 0 Å². The van der Waals surface area contributed by atoms with Crippen molar-refractivity contribution in [3.8, 4) is 5.75 Å². The summed E-state index contributed by atoms with van der Waals surface area (Å²) in [5.74, 6) is -0.0266. The lowest BCUT2D eigenvalue weighted by atomic mass is 10.1. The molecule has 0 heterocycles. The summed E-state index contributed by atoms with van der Waals surface area (Å²) in [6, 6.07) is 15.4. The van der Waals surface area contributed by atoms with Gasteiger partial charge in [-0.1, -0.05) is 42.5 Å². The van der Waals surface area contributed by atoms with E-state index in [4.69, 9.17) is 14.7 Å². The summed E-state index contributed by atoms with van der Waals surface area (Å²) in [4.78, 5) is 24.0. The van der Waals surface area contributed by atoms with E-state index in [1.54, 1.807) is 29.7 Å². The van der Waals surface area contributed by atoms with Gasteiger partial charge in [-0.3, -0.25) is 10.0 Å². The van der Waals surface area contributed by atoms with Crippen LogP contribution >= 0.6 is 0 Å². The number of nitrogens with one attached hydrogen (secondary N) is 2. The highest BCUT2D eigenvalue weighted by atomic mass is 16.5. The number of hydrogen-bond acceptors (Lipinski definition) is 5. The van der Waals surface area contributed by atoms with E-state index in [1.807, 2.05) is 51.1 Å². The first-order valence-electron chi connectivity index (χ1n) is 8.96. The van der Waals surface area contributed by atoms with Crippen molar-refractivity contribution in [3.05, 3.63) is 65.7 Å². The predicted octanol–water partition coefficient (Wildman–Crippen LogP) is 3.21. The molecular weight excluding hydrogens is 360 g/mol. The first kappa shape index (κ1) is 21.2. The molecule has 0 aromatic heterocycles.